The fraction of sp³-hybridized carbons (Fsp3) is 0.824. The number of carboxylic acids is 1. The lowest BCUT2D eigenvalue weighted by molar-refractivity contribution is -0.150. The first kappa shape index (κ1) is 19.5. The maximum atomic E-state index is 11.7. The van der Waals surface area contributed by atoms with Gasteiger partial charge < -0.3 is 15.2 Å². The van der Waals surface area contributed by atoms with Gasteiger partial charge in [-0.3, -0.25) is 14.4 Å². The van der Waals surface area contributed by atoms with Gasteiger partial charge in [0.2, 0.25) is 5.91 Å². The number of carbonyl (C=O) groups is 3. The van der Waals surface area contributed by atoms with Crippen LogP contribution in [-0.4, -0.2) is 36.1 Å². The highest BCUT2D eigenvalue weighted by Gasteiger charge is 2.47. The molecular formula is C17H29NO5. The average Bonchev–Trinajstić information content (AvgIpc) is 2.91. The van der Waals surface area contributed by atoms with Gasteiger partial charge in [0.1, 0.15) is 0 Å². The summed E-state index contributed by atoms with van der Waals surface area (Å²) in [5, 5.41) is 12.5. The molecule has 0 aromatic carbocycles. The highest BCUT2D eigenvalue weighted by molar-refractivity contribution is 5.79. The van der Waals surface area contributed by atoms with Gasteiger partial charge in [0.25, 0.3) is 0 Å². The molecule has 0 heterocycles. The predicted octanol–water partition coefficient (Wildman–Crippen LogP) is 2.36. The highest BCUT2D eigenvalue weighted by Crippen LogP contribution is 2.46. The quantitative estimate of drug-likeness (QED) is 0.668. The van der Waals surface area contributed by atoms with E-state index in [0.29, 0.717) is 25.7 Å². The lowest BCUT2D eigenvalue weighted by Crippen LogP contribution is -2.35. The third-order valence-corrected chi connectivity index (χ3v) is 5.20. The largest absolute Gasteiger partial charge is 0.481 e. The van der Waals surface area contributed by atoms with E-state index in [1.54, 1.807) is 0 Å². The van der Waals surface area contributed by atoms with E-state index < -0.39 is 11.4 Å². The zero-order valence-electron chi connectivity index (χ0n) is 14.6. The molecule has 0 aliphatic heterocycles. The smallest absolute Gasteiger partial charge is 0.309 e. The highest BCUT2D eigenvalue weighted by atomic mass is 16.5. The SMILES string of the molecule is COC(=O)C1CCC(CCC[C@H](C)C(C)NC(C)=O)(C(=O)O)C1. The Balaban J connectivity index is 2.54. The van der Waals surface area contributed by atoms with Gasteiger partial charge in [0.15, 0.2) is 0 Å². The summed E-state index contributed by atoms with van der Waals surface area (Å²) in [6.45, 7) is 5.51. The first-order chi connectivity index (χ1) is 10.7. The summed E-state index contributed by atoms with van der Waals surface area (Å²) in [5.74, 6) is -1.19. The lowest BCUT2D eigenvalue weighted by Gasteiger charge is -2.26. The van der Waals surface area contributed by atoms with E-state index in [0.717, 1.165) is 12.8 Å². The molecule has 1 saturated carbocycles. The van der Waals surface area contributed by atoms with Crippen molar-refractivity contribution in [2.75, 3.05) is 7.11 Å². The minimum atomic E-state index is -0.813. The average molecular weight is 327 g/mol. The molecule has 132 valence electrons. The van der Waals surface area contributed by atoms with Gasteiger partial charge in [0.05, 0.1) is 18.4 Å². The number of methoxy groups -OCH3 is 1. The summed E-state index contributed by atoms with van der Waals surface area (Å²) < 4.78 is 4.75. The summed E-state index contributed by atoms with van der Waals surface area (Å²) >= 11 is 0. The molecule has 0 aromatic heterocycles. The molecule has 1 aliphatic rings. The van der Waals surface area contributed by atoms with Crippen molar-refractivity contribution in [2.45, 2.75) is 65.3 Å². The van der Waals surface area contributed by atoms with Crippen LogP contribution in [0.4, 0.5) is 0 Å². The monoisotopic (exact) mass is 327 g/mol. The molecule has 23 heavy (non-hydrogen) atoms. The number of rotatable bonds is 8. The molecule has 6 heteroatoms. The van der Waals surface area contributed by atoms with Crippen molar-refractivity contribution in [3.8, 4) is 0 Å². The number of nitrogens with one attached hydrogen (secondary N) is 1. The Morgan fingerprint density at radius 1 is 1.35 bits per heavy atom. The Morgan fingerprint density at radius 3 is 2.52 bits per heavy atom. The van der Waals surface area contributed by atoms with E-state index in [1.165, 1.54) is 14.0 Å². The Hall–Kier alpha value is -1.59. The number of hydrogen-bond donors (Lipinski definition) is 2. The standard InChI is InChI=1S/C17H29NO5/c1-11(12(2)18-13(3)19)6-5-8-17(16(21)22)9-7-14(10-17)15(20)23-4/h11-12,14H,5-10H2,1-4H3,(H,18,19)(H,21,22)/t11-,12?,14?,17?/m0/s1. The van der Waals surface area contributed by atoms with Crippen molar-refractivity contribution in [1.29, 1.82) is 0 Å². The van der Waals surface area contributed by atoms with E-state index in [4.69, 9.17) is 4.74 Å². The maximum Gasteiger partial charge on any atom is 0.309 e. The first-order valence-corrected chi connectivity index (χ1v) is 8.30. The van der Waals surface area contributed by atoms with Crippen molar-refractivity contribution in [2.24, 2.45) is 17.3 Å². The maximum absolute atomic E-state index is 11.7. The van der Waals surface area contributed by atoms with Crippen LogP contribution < -0.4 is 5.32 Å². The summed E-state index contributed by atoms with van der Waals surface area (Å²) in [7, 11) is 1.34. The minimum absolute atomic E-state index is 0.0527. The summed E-state index contributed by atoms with van der Waals surface area (Å²) in [4.78, 5) is 34.4. The number of hydrogen-bond acceptors (Lipinski definition) is 4. The summed E-state index contributed by atoms with van der Waals surface area (Å²) in [5.41, 5.74) is -0.810. The van der Waals surface area contributed by atoms with Gasteiger partial charge in [-0.05, 0) is 44.9 Å². The van der Waals surface area contributed by atoms with E-state index in [9.17, 15) is 19.5 Å². The van der Waals surface area contributed by atoms with Gasteiger partial charge in [-0.2, -0.15) is 0 Å². The Bertz CT molecular complexity index is 450. The van der Waals surface area contributed by atoms with E-state index in [1.807, 2.05) is 6.92 Å². The van der Waals surface area contributed by atoms with E-state index in [-0.39, 0.29) is 29.8 Å². The summed E-state index contributed by atoms with van der Waals surface area (Å²) in [6.07, 6.45) is 3.65. The predicted molar refractivity (Wildman–Crippen MR) is 85.7 cm³/mol. The van der Waals surface area contributed by atoms with Gasteiger partial charge in [-0.15, -0.1) is 0 Å². The van der Waals surface area contributed by atoms with Crippen LogP contribution >= 0.6 is 0 Å². The van der Waals surface area contributed by atoms with Crippen molar-refractivity contribution in [1.82, 2.24) is 5.32 Å². The van der Waals surface area contributed by atoms with E-state index >= 15 is 0 Å². The lowest BCUT2D eigenvalue weighted by atomic mass is 9.79. The second-order valence-corrected chi connectivity index (χ2v) is 6.91. The molecule has 1 aliphatic carbocycles. The second-order valence-electron chi connectivity index (χ2n) is 6.91. The Labute approximate surface area is 138 Å². The van der Waals surface area contributed by atoms with Crippen LogP contribution in [0.1, 0.15) is 59.3 Å². The van der Waals surface area contributed by atoms with Crippen molar-refractivity contribution in [3.63, 3.8) is 0 Å². The third kappa shape index (κ3) is 5.22. The van der Waals surface area contributed by atoms with Crippen molar-refractivity contribution < 1.29 is 24.2 Å². The zero-order valence-corrected chi connectivity index (χ0v) is 14.6. The number of ether oxygens (including phenoxy) is 1. The van der Waals surface area contributed by atoms with Gasteiger partial charge in [-0.25, -0.2) is 0 Å². The molecule has 4 atom stereocenters. The molecule has 0 aromatic rings. The number of carbonyl (C=O) groups excluding carboxylic acids is 2. The van der Waals surface area contributed by atoms with Crippen molar-refractivity contribution in [3.05, 3.63) is 0 Å². The van der Waals surface area contributed by atoms with Crippen LogP contribution in [0.5, 0.6) is 0 Å². The van der Waals surface area contributed by atoms with Crippen LogP contribution in [0.3, 0.4) is 0 Å². The molecule has 2 N–H and O–H groups in total. The molecule has 1 rings (SSSR count). The normalized spacial score (nSPS) is 26.3. The fourth-order valence-corrected chi connectivity index (χ4v) is 3.50. The third-order valence-electron chi connectivity index (χ3n) is 5.20. The van der Waals surface area contributed by atoms with Crippen LogP contribution in [0.25, 0.3) is 0 Å². The topological polar surface area (TPSA) is 92.7 Å². The van der Waals surface area contributed by atoms with Gasteiger partial charge in [0, 0.05) is 13.0 Å². The fourth-order valence-electron chi connectivity index (χ4n) is 3.50. The molecule has 1 fully saturated rings. The molecule has 0 radical (unpaired) electrons. The molecule has 0 spiro atoms. The van der Waals surface area contributed by atoms with Crippen molar-refractivity contribution >= 4 is 17.8 Å². The first-order valence-electron chi connectivity index (χ1n) is 8.30. The van der Waals surface area contributed by atoms with Crippen LogP contribution in [0.15, 0.2) is 0 Å². The Kier molecular flexibility index (Phi) is 7.03. The number of esters is 1. The molecule has 3 unspecified atom stereocenters. The second kappa shape index (κ2) is 8.31. The minimum Gasteiger partial charge on any atom is -0.481 e. The van der Waals surface area contributed by atoms with Crippen LogP contribution in [0, 0.1) is 17.3 Å². The van der Waals surface area contributed by atoms with Crippen LogP contribution in [0.2, 0.25) is 0 Å². The number of carboxylic acid groups (broad SMARTS) is 1. The molecule has 0 saturated heterocycles. The molecular weight excluding hydrogens is 298 g/mol. The zero-order chi connectivity index (χ0) is 17.6. The molecule has 6 nitrogen and oxygen atoms in total. The van der Waals surface area contributed by atoms with Crippen LogP contribution in [-0.2, 0) is 19.1 Å². The number of aliphatic carboxylic acids is 1. The molecule has 1 amide bonds. The molecule has 0 bridgehead atoms. The van der Waals surface area contributed by atoms with Gasteiger partial charge in [-0.1, -0.05) is 13.3 Å². The van der Waals surface area contributed by atoms with Gasteiger partial charge >= 0.3 is 11.9 Å². The number of amides is 1. The Morgan fingerprint density at radius 2 is 2.00 bits per heavy atom. The summed E-state index contributed by atoms with van der Waals surface area (Å²) in [6, 6.07) is 0.0691. The van der Waals surface area contributed by atoms with E-state index in [2.05, 4.69) is 12.2 Å².